The van der Waals surface area contributed by atoms with Crippen LogP contribution in [-0.2, 0) is 6.54 Å². The molecule has 1 aromatic heterocycles. The molecule has 0 radical (unpaired) electrons. The minimum atomic E-state index is 0.132. The fourth-order valence-electron chi connectivity index (χ4n) is 3.42. The van der Waals surface area contributed by atoms with Gasteiger partial charge in [-0.25, -0.2) is 0 Å². The lowest BCUT2D eigenvalue weighted by molar-refractivity contribution is 0.293. The number of para-hydroxylation sites is 1. The maximum absolute atomic E-state index is 5.77. The molecule has 0 aliphatic carbocycles. The Kier molecular flexibility index (Phi) is 4.28. The highest BCUT2D eigenvalue weighted by molar-refractivity contribution is 7.80. The van der Waals surface area contributed by atoms with Crippen molar-refractivity contribution < 1.29 is 0 Å². The molecule has 25 heavy (non-hydrogen) atoms. The second-order valence-corrected chi connectivity index (χ2v) is 6.82. The molecular formula is C21H21N3S. The third kappa shape index (κ3) is 3.17. The molecule has 0 amide bonds. The third-order valence-electron chi connectivity index (χ3n) is 4.72. The van der Waals surface area contributed by atoms with Gasteiger partial charge in [0.15, 0.2) is 5.11 Å². The zero-order chi connectivity index (χ0) is 17.2. The minimum absolute atomic E-state index is 0.132. The van der Waals surface area contributed by atoms with Crippen LogP contribution in [-0.4, -0.2) is 21.1 Å². The van der Waals surface area contributed by atoms with Crippen LogP contribution in [0.4, 0.5) is 5.69 Å². The number of benzene rings is 2. The molecule has 0 bridgehead atoms. The van der Waals surface area contributed by atoms with Gasteiger partial charge in [-0.15, -0.1) is 0 Å². The fraction of sp³-hybridized carbons (Fsp3) is 0.190. The smallest absolute Gasteiger partial charge is 0.174 e. The Morgan fingerprint density at radius 2 is 1.72 bits per heavy atom. The van der Waals surface area contributed by atoms with Crippen molar-refractivity contribution in [2.75, 3.05) is 11.9 Å². The van der Waals surface area contributed by atoms with E-state index in [2.05, 4.69) is 64.3 Å². The van der Waals surface area contributed by atoms with E-state index >= 15 is 0 Å². The van der Waals surface area contributed by atoms with E-state index in [1.807, 2.05) is 30.3 Å². The van der Waals surface area contributed by atoms with Crippen LogP contribution in [0.25, 0.3) is 0 Å². The van der Waals surface area contributed by atoms with Gasteiger partial charge in [-0.2, -0.15) is 0 Å². The molecular weight excluding hydrogens is 326 g/mol. The molecule has 1 aliphatic heterocycles. The Morgan fingerprint density at radius 1 is 0.960 bits per heavy atom. The van der Waals surface area contributed by atoms with Gasteiger partial charge in [0.05, 0.1) is 6.04 Å². The Balaban J connectivity index is 1.68. The van der Waals surface area contributed by atoms with Crippen molar-refractivity contribution in [2.24, 2.45) is 0 Å². The van der Waals surface area contributed by atoms with E-state index in [9.17, 15) is 0 Å². The molecule has 3 nitrogen and oxygen atoms in total. The molecule has 4 heteroatoms. The quantitative estimate of drug-likeness (QED) is 0.684. The maximum atomic E-state index is 5.77. The van der Waals surface area contributed by atoms with E-state index < -0.39 is 0 Å². The van der Waals surface area contributed by atoms with Crippen LogP contribution in [0, 0.1) is 6.92 Å². The van der Waals surface area contributed by atoms with Crippen LogP contribution in [0.1, 0.15) is 22.9 Å². The van der Waals surface area contributed by atoms with Crippen molar-refractivity contribution in [3.05, 3.63) is 89.7 Å². The van der Waals surface area contributed by atoms with Gasteiger partial charge in [0.2, 0.25) is 0 Å². The van der Waals surface area contributed by atoms with Crippen LogP contribution in [0.5, 0.6) is 0 Å². The number of anilines is 1. The Labute approximate surface area is 153 Å². The van der Waals surface area contributed by atoms with Gasteiger partial charge < -0.3 is 14.8 Å². The van der Waals surface area contributed by atoms with Crippen LogP contribution < -0.4 is 5.32 Å². The average Bonchev–Trinajstić information content (AvgIpc) is 3.11. The van der Waals surface area contributed by atoms with Gasteiger partial charge in [0.25, 0.3) is 0 Å². The van der Waals surface area contributed by atoms with E-state index in [4.69, 9.17) is 12.2 Å². The lowest BCUT2D eigenvalue weighted by Gasteiger charge is -2.39. The van der Waals surface area contributed by atoms with E-state index in [1.54, 1.807) is 0 Å². The second-order valence-electron chi connectivity index (χ2n) is 6.43. The number of hydrogen-bond acceptors (Lipinski definition) is 1. The molecule has 1 atom stereocenters. The number of nitrogens with one attached hydrogen (secondary N) is 1. The van der Waals surface area contributed by atoms with Crippen LogP contribution in [0.15, 0.2) is 72.9 Å². The zero-order valence-electron chi connectivity index (χ0n) is 14.2. The van der Waals surface area contributed by atoms with Crippen molar-refractivity contribution in [2.45, 2.75) is 19.5 Å². The number of aromatic nitrogens is 1. The summed E-state index contributed by atoms with van der Waals surface area (Å²) < 4.78 is 2.33. The van der Waals surface area contributed by atoms with Gasteiger partial charge in [0, 0.05) is 30.7 Å². The summed E-state index contributed by atoms with van der Waals surface area (Å²) in [7, 11) is 0. The van der Waals surface area contributed by atoms with Gasteiger partial charge in [-0.05, 0) is 49.0 Å². The third-order valence-corrected chi connectivity index (χ3v) is 5.05. The van der Waals surface area contributed by atoms with Crippen molar-refractivity contribution in [3.63, 3.8) is 0 Å². The van der Waals surface area contributed by atoms with E-state index in [0.717, 1.165) is 23.9 Å². The van der Waals surface area contributed by atoms with Crippen molar-refractivity contribution in [1.29, 1.82) is 0 Å². The first-order chi connectivity index (χ1) is 12.2. The molecule has 0 fully saturated rings. The molecule has 0 saturated carbocycles. The summed E-state index contributed by atoms with van der Waals surface area (Å²) in [6, 6.07) is 23.3. The molecule has 0 saturated heterocycles. The van der Waals surface area contributed by atoms with Crippen LogP contribution in [0.3, 0.4) is 0 Å². The van der Waals surface area contributed by atoms with Gasteiger partial charge in [0.1, 0.15) is 0 Å². The molecule has 4 rings (SSSR count). The first kappa shape index (κ1) is 15.9. The highest BCUT2D eigenvalue weighted by atomic mass is 32.1. The number of aryl methyl sites for hydroxylation is 1. The topological polar surface area (TPSA) is 20.2 Å². The normalized spacial score (nSPS) is 16.4. The Hall–Kier alpha value is -2.59. The largest absolute Gasteiger partial charge is 0.348 e. The SMILES string of the molecule is Cc1ccc(C2c3cccn3CCN2C(=S)Nc2ccccc2)cc1. The molecule has 1 unspecified atom stereocenters. The average molecular weight is 347 g/mol. The predicted molar refractivity (Wildman–Crippen MR) is 107 cm³/mol. The summed E-state index contributed by atoms with van der Waals surface area (Å²) in [5, 5.41) is 4.16. The summed E-state index contributed by atoms with van der Waals surface area (Å²) in [5.41, 5.74) is 4.84. The molecule has 0 spiro atoms. The van der Waals surface area contributed by atoms with E-state index in [-0.39, 0.29) is 6.04 Å². The highest BCUT2D eigenvalue weighted by Gasteiger charge is 2.30. The maximum Gasteiger partial charge on any atom is 0.174 e. The lowest BCUT2D eigenvalue weighted by atomic mass is 9.99. The van der Waals surface area contributed by atoms with Gasteiger partial charge in [-0.3, -0.25) is 0 Å². The van der Waals surface area contributed by atoms with Crippen molar-refractivity contribution >= 4 is 23.0 Å². The van der Waals surface area contributed by atoms with Crippen molar-refractivity contribution in [1.82, 2.24) is 9.47 Å². The Morgan fingerprint density at radius 3 is 2.48 bits per heavy atom. The van der Waals surface area contributed by atoms with Crippen molar-refractivity contribution in [3.8, 4) is 0 Å². The lowest BCUT2D eigenvalue weighted by Crippen LogP contribution is -2.44. The standard InChI is InChI=1S/C21H21N3S/c1-16-9-11-17(12-10-16)20-19-8-5-13-23(19)14-15-24(20)21(25)22-18-6-3-2-4-7-18/h2-13,20H,14-15H2,1H3,(H,22,25). The summed E-state index contributed by atoms with van der Waals surface area (Å²) in [6.45, 7) is 3.95. The number of hydrogen-bond donors (Lipinski definition) is 1. The first-order valence-electron chi connectivity index (χ1n) is 8.56. The monoisotopic (exact) mass is 347 g/mol. The van der Waals surface area contributed by atoms with Gasteiger partial charge in [-0.1, -0.05) is 48.0 Å². The van der Waals surface area contributed by atoms with Crippen LogP contribution >= 0.6 is 12.2 Å². The minimum Gasteiger partial charge on any atom is -0.348 e. The number of fused-ring (bicyclic) bond motifs is 1. The fourth-order valence-corrected chi connectivity index (χ4v) is 3.73. The first-order valence-corrected chi connectivity index (χ1v) is 8.97. The molecule has 126 valence electrons. The summed E-state index contributed by atoms with van der Waals surface area (Å²) >= 11 is 5.77. The summed E-state index contributed by atoms with van der Waals surface area (Å²) in [4.78, 5) is 2.29. The van der Waals surface area contributed by atoms with E-state index in [0.29, 0.717) is 0 Å². The number of rotatable bonds is 2. The number of thiocarbonyl (C=S) groups is 1. The van der Waals surface area contributed by atoms with E-state index in [1.165, 1.54) is 16.8 Å². The second kappa shape index (κ2) is 6.73. The van der Waals surface area contributed by atoms with Crippen LogP contribution in [0.2, 0.25) is 0 Å². The zero-order valence-corrected chi connectivity index (χ0v) is 15.0. The van der Waals surface area contributed by atoms with Gasteiger partial charge >= 0.3 is 0 Å². The highest BCUT2D eigenvalue weighted by Crippen LogP contribution is 2.33. The molecule has 2 aromatic carbocycles. The molecule has 1 N–H and O–H groups in total. The summed E-state index contributed by atoms with van der Waals surface area (Å²) in [5.74, 6) is 0. The molecule has 1 aliphatic rings. The Bertz CT molecular complexity index is 868. The predicted octanol–water partition coefficient (Wildman–Crippen LogP) is 4.60. The molecule has 3 aromatic rings. The number of nitrogens with zero attached hydrogens (tertiary/aromatic N) is 2. The molecule has 2 heterocycles. The summed E-state index contributed by atoms with van der Waals surface area (Å²) in [6.07, 6.45) is 2.15.